The molecule has 1 aromatic rings. The summed E-state index contributed by atoms with van der Waals surface area (Å²) < 4.78 is 1.40. The zero-order valence-corrected chi connectivity index (χ0v) is 7.69. The molecular weight excluding hydrogens is 186 g/mol. The fourth-order valence-electron chi connectivity index (χ4n) is 1.72. The molecule has 1 aliphatic rings. The number of imidazole rings is 1. The Morgan fingerprint density at radius 1 is 1.50 bits per heavy atom. The number of rotatable bonds is 1. The fourth-order valence-corrected chi connectivity index (χ4v) is 1.72. The summed E-state index contributed by atoms with van der Waals surface area (Å²) in [5, 5.41) is 10.7. The van der Waals surface area contributed by atoms with Gasteiger partial charge in [-0.3, -0.25) is 4.79 Å². The third-order valence-corrected chi connectivity index (χ3v) is 2.32. The van der Waals surface area contributed by atoms with E-state index in [4.69, 9.17) is 0 Å². The molecule has 0 unspecified atom stereocenters. The van der Waals surface area contributed by atoms with Gasteiger partial charge in [0.2, 0.25) is 0 Å². The van der Waals surface area contributed by atoms with Crippen molar-refractivity contribution >= 4 is 11.6 Å². The number of aromatic nitrogens is 2. The molecule has 0 saturated carbocycles. The zero-order chi connectivity index (χ0) is 10.3. The Bertz CT molecular complexity index is 422. The molecule has 74 valence electrons. The summed E-state index contributed by atoms with van der Waals surface area (Å²) in [5.41, 5.74) is 0.389. The lowest BCUT2D eigenvalue weighted by atomic mass is 10.1. The molecule has 0 spiro atoms. The second-order valence-corrected chi connectivity index (χ2v) is 3.32. The summed E-state index contributed by atoms with van der Waals surface area (Å²) >= 11 is 0. The Morgan fingerprint density at radius 3 is 2.86 bits per heavy atom. The van der Waals surface area contributed by atoms with Crippen LogP contribution < -0.4 is 0 Å². The molecule has 0 saturated heterocycles. The van der Waals surface area contributed by atoms with Gasteiger partial charge >= 0.3 is 5.82 Å². The Morgan fingerprint density at radius 2 is 2.21 bits per heavy atom. The SMILES string of the molecule is Cc1nc2n(c1[N+](=O)[O-])CC(=O)CC2. The van der Waals surface area contributed by atoms with Crippen LogP contribution in [0.2, 0.25) is 0 Å². The number of aryl methyl sites for hydroxylation is 2. The number of nitro groups is 1. The first kappa shape index (κ1) is 8.86. The van der Waals surface area contributed by atoms with Gasteiger partial charge in [0.1, 0.15) is 5.69 Å². The Hall–Kier alpha value is -1.72. The summed E-state index contributed by atoms with van der Waals surface area (Å²) in [7, 11) is 0. The predicted octanol–water partition coefficient (Wildman–Crippen LogP) is 0.615. The van der Waals surface area contributed by atoms with Crippen molar-refractivity contribution in [2.75, 3.05) is 0 Å². The predicted molar refractivity (Wildman–Crippen MR) is 46.9 cm³/mol. The van der Waals surface area contributed by atoms with Gasteiger partial charge in [0, 0.05) is 12.8 Å². The summed E-state index contributed by atoms with van der Waals surface area (Å²) in [4.78, 5) is 25.4. The van der Waals surface area contributed by atoms with Crippen LogP contribution in [-0.4, -0.2) is 20.3 Å². The lowest BCUT2D eigenvalue weighted by Gasteiger charge is -2.08. The maximum atomic E-state index is 11.1. The molecule has 2 heterocycles. The number of Topliss-reactive ketones (excluding diaryl/α,β-unsaturated/α-hetero) is 1. The van der Waals surface area contributed by atoms with Crippen LogP contribution in [0.5, 0.6) is 0 Å². The van der Waals surface area contributed by atoms with E-state index in [9.17, 15) is 14.9 Å². The van der Waals surface area contributed by atoms with E-state index in [-0.39, 0.29) is 18.1 Å². The number of ketones is 1. The zero-order valence-electron chi connectivity index (χ0n) is 7.69. The first-order valence-corrected chi connectivity index (χ1v) is 4.31. The van der Waals surface area contributed by atoms with Crippen molar-refractivity contribution < 1.29 is 9.72 Å². The Kier molecular flexibility index (Phi) is 1.83. The average Bonchev–Trinajstić information content (AvgIpc) is 2.40. The van der Waals surface area contributed by atoms with Gasteiger partial charge in [-0.1, -0.05) is 0 Å². The van der Waals surface area contributed by atoms with Gasteiger partial charge < -0.3 is 10.1 Å². The van der Waals surface area contributed by atoms with Gasteiger partial charge in [0.15, 0.2) is 18.2 Å². The normalized spacial score (nSPS) is 15.4. The van der Waals surface area contributed by atoms with Crippen LogP contribution in [-0.2, 0) is 17.8 Å². The number of hydrogen-bond donors (Lipinski definition) is 0. The average molecular weight is 195 g/mol. The topological polar surface area (TPSA) is 78.0 Å². The molecule has 0 atom stereocenters. The minimum atomic E-state index is -0.482. The second-order valence-electron chi connectivity index (χ2n) is 3.32. The van der Waals surface area contributed by atoms with Crippen LogP contribution >= 0.6 is 0 Å². The van der Waals surface area contributed by atoms with E-state index in [0.29, 0.717) is 24.4 Å². The third-order valence-electron chi connectivity index (χ3n) is 2.32. The molecule has 0 N–H and O–H groups in total. The van der Waals surface area contributed by atoms with E-state index in [1.165, 1.54) is 4.57 Å². The van der Waals surface area contributed by atoms with Crippen LogP contribution in [0, 0.1) is 17.0 Å². The van der Waals surface area contributed by atoms with Crippen LogP contribution in [0.1, 0.15) is 17.9 Å². The molecule has 14 heavy (non-hydrogen) atoms. The minimum Gasteiger partial charge on any atom is -0.358 e. The summed E-state index contributed by atoms with van der Waals surface area (Å²) in [6.45, 7) is 1.68. The first-order valence-electron chi connectivity index (χ1n) is 4.31. The van der Waals surface area contributed by atoms with Crippen LogP contribution in [0.3, 0.4) is 0 Å². The van der Waals surface area contributed by atoms with E-state index in [1.54, 1.807) is 6.92 Å². The summed E-state index contributed by atoms with van der Waals surface area (Å²) in [6, 6.07) is 0. The number of carbonyl (C=O) groups excluding carboxylic acids is 1. The number of nitrogens with zero attached hydrogens (tertiary/aromatic N) is 3. The standard InChI is InChI=1S/C8H9N3O3/c1-5-8(11(13)14)10-4-6(12)2-3-7(10)9-5/h2-4H2,1H3. The lowest BCUT2D eigenvalue weighted by molar-refractivity contribution is -0.392. The summed E-state index contributed by atoms with van der Waals surface area (Å²) in [5.74, 6) is 0.625. The highest BCUT2D eigenvalue weighted by atomic mass is 16.6. The molecular formula is C8H9N3O3. The molecule has 6 heteroatoms. The van der Waals surface area contributed by atoms with Crippen molar-refractivity contribution in [2.45, 2.75) is 26.3 Å². The van der Waals surface area contributed by atoms with Gasteiger partial charge in [0.25, 0.3) is 0 Å². The van der Waals surface area contributed by atoms with Crippen molar-refractivity contribution in [2.24, 2.45) is 0 Å². The first-order chi connectivity index (χ1) is 6.59. The molecule has 0 aliphatic carbocycles. The van der Waals surface area contributed by atoms with Crippen LogP contribution in [0.15, 0.2) is 0 Å². The fraction of sp³-hybridized carbons (Fsp3) is 0.500. The minimum absolute atomic E-state index is 0.0259. The van der Waals surface area contributed by atoms with Gasteiger partial charge in [0.05, 0.1) is 0 Å². The van der Waals surface area contributed by atoms with Crippen molar-refractivity contribution in [3.8, 4) is 0 Å². The highest BCUT2D eigenvalue weighted by Crippen LogP contribution is 2.23. The van der Waals surface area contributed by atoms with Gasteiger partial charge in [-0.2, -0.15) is 0 Å². The Labute approximate surface area is 79.7 Å². The quantitative estimate of drug-likeness (QED) is 0.486. The number of carbonyl (C=O) groups is 1. The van der Waals surface area contributed by atoms with Crippen molar-refractivity contribution in [1.82, 2.24) is 9.55 Å². The highest BCUT2D eigenvalue weighted by Gasteiger charge is 2.29. The molecule has 0 bridgehead atoms. The van der Waals surface area contributed by atoms with Crippen molar-refractivity contribution in [1.29, 1.82) is 0 Å². The van der Waals surface area contributed by atoms with Crippen LogP contribution in [0.25, 0.3) is 0 Å². The smallest absolute Gasteiger partial charge is 0.346 e. The van der Waals surface area contributed by atoms with Gasteiger partial charge in [-0.15, -0.1) is 0 Å². The molecule has 0 radical (unpaired) electrons. The Balaban J connectivity index is 2.56. The monoisotopic (exact) mass is 195 g/mol. The molecule has 0 aromatic carbocycles. The third kappa shape index (κ3) is 1.19. The van der Waals surface area contributed by atoms with Crippen molar-refractivity contribution in [3.63, 3.8) is 0 Å². The number of hydrogen-bond acceptors (Lipinski definition) is 4. The van der Waals surface area contributed by atoms with E-state index in [1.807, 2.05) is 0 Å². The molecule has 2 rings (SSSR count). The molecule has 6 nitrogen and oxygen atoms in total. The van der Waals surface area contributed by atoms with Gasteiger partial charge in [-0.25, -0.2) is 9.55 Å². The highest BCUT2D eigenvalue weighted by molar-refractivity contribution is 5.79. The molecule has 0 fully saturated rings. The maximum absolute atomic E-state index is 11.1. The maximum Gasteiger partial charge on any atom is 0.346 e. The van der Waals surface area contributed by atoms with Gasteiger partial charge in [-0.05, 0) is 11.8 Å². The lowest BCUT2D eigenvalue weighted by Crippen LogP contribution is -2.20. The van der Waals surface area contributed by atoms with E-state index in [2.05, 4.69) is 4.98 Å². The molecule has 1 aliphatic heterocycles. The molecule has 1 aromatic heterocycles. The molecule has 0 amide bonds. The second kappa shape index (κ2) is 2.90. The van der Waals surface area contributed by atoms with E-state index < -0.39 is 4.92 Å². The summed E-state index contributed by atoms with van der Waals surface area (Å²) in [6.07, 6.45) is 0.946. The largest absolute Gasteiger partial charge is 0.358 e. The van der Waals surface area contributed by atoms with E-state index >= 15 is 0 Å². The van der Waals surface area contributed by atoms with Crippen molar-refractivity contribution in [3.05, 3.63) is 21.6 Å². The van der Waals surface area contributed by atoms with Crippen LogP contribution in [0.4, 0.5) is 5.82 Å². The van der Waals surface area contributed by atoms with E-state index in [0.717, 1.165) is 0 Å². The number of fused-ring (bicyclic) bond motifs is 1.